The van der Waals surface area contributed by atoms with Crippen molar-refractivity contribution in [2.75, 3.05) is 12.8 Å². The van der Waals surface area contributed by atoms with Crippen LogP contribution >= 0.6 is 11.3 Å². The van der Waals surface area contributed by atoms with Gasteiger partial charge < -0.3 is 10.5 Å². The molecular formula is C14H18N2O3S2. The molecule has 1 unspecified atom stereocenters. The fourth-order valence-corrected chi connectivity index (χ4v) is 4.19. The minimum absolute atomic E-state index is 0.0707. The molecule has 0 spiro atoms. The largest absolute Gasteiger partial charge is 0.497 e. The van der Waals surface area contributed by atoms with Gasteiger partial charge in [0.1, 0.15) is 10.6 Å². The maximum absolute atomic E-state index is 12.4. The first-order chi connectivity index (χ1) is 9.92. The molecule has 0 aliphatic rings. The zero-order valence-corrected chi connectivity index (χ0v) is 13.5. The Morgan fingerprint density at radius 3 is 2.71 bits per heavy atom. The van der Waals surface area contributed by atoms with E-state index in [4.69, 9.17) is 10.5 Å². The predicted octanol–water partition coefficient (Wildman–Crippen LogP) is 2.25. The lowest BCUT2D eigenvalue weighted by Gasteiger charge is -2.15. The predicted molar refractivity (Wildman–Crippen MR) is 85.2 cm³/mol. The number of ether oxygens (including phenoxy) is 1. The van der Waals surface area contributed by atoms with Crippen LogP contribution in [0.5, 0.6) is 5.75 Å². The van der Waals surface area contributed by atoms with Crippen molar-refractivity contribution in [2.45, 2.75) is 24.3 Å². The molecule has 3 N–H and O–H groups in total. The number of nitrogen functional groups attached to an aromatic ring is 1. The number of hydrogen-bond donors (Lipinski definition) is 2. The molecule has 0 aliphatic carbocycles. The van der Waals surface area contributed by atoms with Gasteiger partial charge in [0.2, 0.25) is 10.0 Å². The van der Waals surface area contributed by atoms with Gasteiger partial charge in [0.05, 0.1) is 12.8 Å². The van der Waals surface area contributed by atoms with Crippen molar-refractivity contribution < 1.29 is 13.2 Å². The van der Waals surface area contributed by atoms with E-state index < -0.39 is 10.0 Å². The normalized spacial score (nSPS) is 13.0. The summed E-state index contributed by atoms with van der Waals surface area (Å²) < 4.78 is 32.4. The highest BCUT2D eigenvalue weighted by Gasteiger charge is 2.20. The number of thiophene rings is 1. The Hall–Kier alpha value is -1.57. The van der Waals surface area contributed by atoms with Gasteiger partial charge in [-0.1, -0.05) is 6.07 Å². The number of anilines is 1. The minimum Gasteiger partial charge on any atom is -0.497 e. The zero-order chi connectivity index (χ0) is 15.5. The smallest absolute Gasteiger partial charge is 0.242 e. The zero-order valence-electron chi connectivity index (χ0n) is 11.9. The number of nitrogens with one attached hydrogen (secondary N) is 1. The van der Waals surface area contributed by atoms with E-state index >= 15 is 0 Å². The summed E-state index contributed by atoms with van der Waals surface area (Å²) in [7, 11) is -2.14. The molecular weight excluding hydrogens is 308 g/mol. The average molecular weight is 326 g/mol. The van der Waals surface area contributed by atoms with E-state index in [9.17, 15) is 8.42 Å². The SMILES string of the molecule is COc1ccc(S(=O)(=O)NC(C)Cc2cccs2)c(N)c1. The van der Waals surface area contributed by atoms with Crippen molar-refractivity contribution in [2.24, 2.45) is 0 Å². The summed E-state index contributed by atoms with van der Waals surface area (Å²) in [5.74, 6) is 0.526. The first-order valence-corrected chi connectivity index (χ1v) is 8.77. The highest BCUT2D eigenvalue weighted by molar-refractivity contribution is 7.89. The molecule has 0 saturated heterocycles. The number of rotatable bonds is 6. The molecule has 0 radical (unpaired) electrons. The Morgan fingerprint density at radius 1 is 1.38 bits per heavy atom. The molecule has 0 fully saturated rings. The van der Waals surface area contributed by atoms with Gasteiger partial charge in [0.25, 0.3) is 0 Å². The van der Waals surface area contributed by atoms with Gasteiger partial charge in [-0.05, 0) is 36.9 Å². The Morgan fingerprint density at radius 2 is 2.14 bits per heavy atom. The number of methoxy groups -OCH3 is 1. The summed E-state index contributed by atoms with van der Waals surface area (Å²) in [5.41, 5.74) is 5.97. The molecule has 5 nitrogen and oxygen atoms in total. The fraction of sp³-hybridized carbons (Fsp3) is 0.286. The average Bonchev–Trinajstić information content (AvgIpc) is 2.90. The third-order valence-electron chi connectivity index (χ3n) is 2.95. The van der Waals surface area contributed by atoms with Crippen LogP contribution in [0, 0.1) is 0 Å². The van der Waals surface area contributed by atoms with Gasteiger partial charge in [-0.2, -0.15) is 0 Å². The molecule has 0 amide bonds. The summed E-state index contributed by atoms with van der Waals surface area (Å²) in [5, 5.41) is 1.97. The van der Waals surface area contributed by atoms with E-state index in [1.54, 1.807) is 17.4 Å². The molecule has 7 heteroatoms. The molecule has 0 saturated carbocycles. The quantitative estimate of drug-likeness (QED) is 0.798. The second-order valence-electron chi connectivity index (χ2n) is 4.71. The molecule has 21 heavy (non-hydrogen) atoms. The fourth-order valence-electron chi connectivity index (χ4n) is 2.00. The minimum atomic E-state index is -3.64. The van der Waals surface area contributed by atoms with Crippen LogP contribution in [0.1, 0.15) is 11.8 Å². The molecule has 2 aromatic rings. The molecule has 2 rings (SSSR count). The van der Waals surface area contributed by atoms with Gasteiger partial charge in [-0.3, -0.25) is 0 Å². The van der Waals surface area contributed by atoms with Crippen LogP contribution in [-0.2, 0) is 16.4 Å². The second kappa shape index (κ2) is 6.46. The van der Waals surface area contributed by atoms with Crippen LogP contribution in [0.2, 0.25) is 0 Å². The highest BCUT2D eigenvalue weighted by Crippen LogP contribution is 2.24. The van der Waals surface area contributed by atoms with Gasteiger partial charge in [-0.15, -0.1) is 11.3 Å². The maximum Gasteiger partial charge on any atom is 0.242 e. The van der Waals surface area contributed by atoms with Crippen molar-refractivity contribution in [3.8, 4) is 5.75 Å². The first kappa shape index (κ1) is 15.8. The molecule has 1 heterocycles. The van der Waals surface area contributed by atoms with Gasteiger partial charge in [-0.25, -0.2) is 13.1 Å². The van der Waals surface area contributed by atoms with E-state index in [2.05, 4.69) is 4.72 Å². The summed E-state index contributed by atoms with van der Waals surface area (Å²) in [6, 6.07) is 8.25. The van der Waals surface area contributed by atoms with Crippen LogP contribution in [0.25, 0.3) is 0 Å². The van der Waals surface area contributed by atoms with Crippen LogP contribution in [0.4, 0.5) is 5.69 Å². The van der Waals surface area contributed by atoms with Crippen molar-refractivity contribution in [3.05, 3.63) is 40.6 Å². The van der Waals surface area contributed by atoms with Crippen LogP contribution in [0.15, 0.2) is 40.6 Å². The Kier molecular flexibility index (Phi) is 4.87. The van der Waals surface area contributed by atoms with Crippen LogP contribution in [-0.4, -0.2) is 21.6 Å². The molecule has 0 aliphatic heterocycles. The Labute approximate surface area is 128 Å². The lowest BCUT2D eigenvalue weighted by molar-refractivity contribution is 0.414. The van der Waals surface area contributed by atoms with Crippen molar-refractivity contribution >= 4 is 27.0 Å². The number of hydrogen-bond acceptors (Lipinski definition) is 5. The van der Waals surface area contributed by atoms with E-state index in [-0.39, 0.29) is 16.6 Å². The topological polar surface area (TPSA) is 81.4 Å². The van der Waals surface area contributed by atoms with Gasteiger partial charge >= 0.3 is 0 Å². The maximum atomic E-state index is 12.4. The second-order valence-corrected chi connectivity index (χ2v) is 7.42. The van der Waals surface area contributed by atoms with E-state index in [1.807, 2.05) is 24.4 Å². The summed E-state index contributed by atoms with van der Waals surface area (Å²) >= 11 is 1.61. The number of sulfonamides is 1. The summed E-state index contributed by atoms with van der Waals surface area (Å²) in [6.45, 7) is 1.83. The first-order valence-electron chi connectivity index (χ1n) is 6.40. The Balaban J connectivity index is 2.14. The van der Waals surface area contributed by atoms with Crippen molar-refractivity contribution in [1.82, 2.24) is 4.72 Å². The lowest BCUT2D eigenvalue weighted by atomic mass is 10.2. The van der Waals surface area contributed by atoms with Gasteiger partial charge in [0, 0.05) is 17.0 Å². The molecule has 1 aromatic heterocycles. The summed E-state index contributed by atoms with van der Waals surface area (Å²) in [4.78, 5) is 1.20. The van der Waals surface area contributed by atoms with E-state index in [0.29, 0.717) is 12.2 Å². The van der Waals surface area contributed by atoms with E-state index in [0.717, 1.165) is 4.88 Å². The standard InChI is InChI=1S/C14H18N2O3S2/c1-10(8-12-4-3-7-20-12)16-21(17,18)14-6-5-11(19-2)9-13(14)15/h3-7,9-10,16H,8,15H2,1-2H3. The third-order valence-corrected chi connectivity index (χ3v) is 5.51. The van der Waals surface area contributed by atoms with Gasteiger partial charge in [0.15, 0.2) is 0 Å². The number of benzene rings is 1. The lowest BCUT2D eigenvalue weighted by Crippen LogP contribution is -2.34. The number of nitrogens with two attached hydrogens (primary N) is 1. The summed E-state index contributed by atoms with van der Waals surface area (Å²) in [6.07, 6.45) is 0.646. The van der Waals surface area contributed by atoms with Crippen LogP contribution in [0.3, 0.4) is 0 Å². The molecule has 0 bridgehead atoms. The molecule has 1 atom stereocenters. The van der Waals surface area contributed by atoms with Crippen LogP contribution < -0.4 is 15.2 Å². The monoisotopic (exact) mass is 326 g/mol. The van der Waals surface area contributed by atoms with Crippen molar-refractivity contribution in [1.29, 1.82) is 0 Å². The third kappa shape index (κ3) is 3.96. The molecule has 1 aromatic carbocycles. The highest BCUT2D eigenvalue weighted by atomic mass is 32.2. The van der Waals surface area contributed by atoms with Crippen molar-refractivity contribution in [3.63, 3.8) is 0 Å². The Bertz CT molecular complexity index is 697. The van der Waals surface area contributed by atoms with E-state index in [1.165, 1.54) is 19.2 Å². The molecule has 114 valence electrons.